The Kier molecular flexibility index (Phi) is 4.40. The van der Waals surface area contributed by atoms with E-state index in [1.807, 2.05) is 24.6 Å². The molecule has 2 heterocycles. The minimum atomic E-state index is 0.412. The van der Waals surface area contributed by atoms with Gasteiger partial charge in [-0.05, 0) is 32.7 Å². The second-order valence-electron chi connectivity index (χ2n) is 4.89. The van der Waals surface area contributed by atoms with Gasteiger partial charge in [-0.15, -0.1) is 11.3 Å². The number of hydrogen-bond donors (Lipinski definition) is 1. The van der Waals surface area contributed by atoms with Crippen LogP contribution in [0.25, 0.3) is 0 Å². The van der Waals surface area contributed by atoms with E-state index >= 15 is 0 Å². The molecule has 3 nitrogen and oxygen atoms in total. The van der Waals surface area contributed by atoms with Crippen LogP contribution in [0.4, 0.5) is 5.13 Å². The number of anilines is 1. The molecule has 0 saturated carbocycles. The first-order valence-corrected chi connectivity index (χ1v) is 7.44. The highest BCUT2D eigenvalue weighted by Crippen LogP contribution is 2.30. The zero-order chi connectivity index (χ0) is 12.3. The average Bonchev–Trinajstić information content (AvgIpc) is 2.87. The molecule has 0 aromatic carbocycles. The van der Waals surface area contributed by atoms with Crippen molar-refractivity contribution in [2.45, 2.75) is 39.2 Å². The summed E-state index contributed by atoms with van der Waals surface area (Å²) >= 11 is 1.83. The highest BCUT2D eigenvalue weighted by atomic mass is 32.1. The van der Waals surface area contributed by atoms with Crippen LogP contribution in [0.3, 0.4) is 0 Å². The number of rotatable bonds is 4. The molecule has 0 amide bonds. The molecule has 1 saturated heterocycles. The Morgan fingerprint density at radius 3 is 2.82 bits per heavy atom. The molecular formula is C13H23N3S. The molecule has 1 fully saturated rings. The average molecular weight is 253 g/mol. The van der Waals surface area contributed by atoms with Crippen molar-refractivity contribution in [1.82, 2.24) is 10.3 Å². The number of thiazole rings is 1. The van der Waals surface area contributed by atoms with E-state index in [0.717, 1.165) is 5.92 Å². The van der Waals surface area contributed by atoms with Gasteiger partial charge in [0.25, 0.3) is 0 Å². The third kappa shape index (κ3) is 2.99. The first-order chi connectivity index (χ1) is 8.24. The maximum Gasteiger partial charge on any atom is 0.185 e. The Hall–Kier alpha value is -0.610. The van der Waals surface area contributed by atoms with Crippen molar-refractivity contribution in [2.24, 2.45) is 5.92 Å². The van der Waals surface area contributed by atoms with Gasteiger partial charge >= 0.3 is 0 Å². The Bertz CT molecular complexity index is 342. The van der Waals surface area contributed by atoms with Crippen molar-refractivity contribution in [2.75, 3.05) is 25.0 Å². The van der Waals surface area contributed by atoms with Crippen molar-refractivity contribution < 1.29 is 0 Å². The maximum atomic E-state index is 4.56. The summed E-state index contributed by atoms with van der Waals surface area (Å²) in [6.07, 6.45) is 6.00. The summed E-state index contributed by atoms with van der Waals surface area (Å²) in [5.74, 6) is 0.932. The molecule has 0 spiro atoms. The maximum absolute atomic E-state index is 4.56. The first-order valence-electron chi connectivity index (χ1n) is 6.62. The Morgan fingerprint density at radius 2 is 2.24 bits per heavy atom. The smallest absolute Gasteiger partial charge is 0.185 e. The van der Waals surface area contributed by atoms with Crippen molar-refractivity contribution >= 4 is 16.5 Å². The number of nitrogens with zero attached hydrogens (tertiary/aromatic N) is 2. The highest BCUT2D eigenvalue weighted by molar-refractivity contribution is 7.15. The van der Waals surface area contributed by atoms with Crippen molar-refractivity contribution in [1.29, 1.82) is 0 Å². The van der Waals surface area contributed by atoms with E-state index in [4.69, 9.17) is 0 Å². The van der Waals surface area contributed by atoms with Gasteiger partial charge in [-0.1, -0.05) is 13.3 Å². The van der Waals surface area contributed by atoms with Gasteiger partial charge in [-0.25, -0.2) is 4.98 Å². The summed E-state index contributed by atoms with van der Waals surface area (Å²) in [5, 5.41) is 4.47. The van der Waals surface area contributed by atoms with Gasteiger partial charge in [0.05, 0.1) is 0 Å². The fourth-order valence-corrected chi connectivity index (χ4v) is 3.33. The normalized spacial score (nSPS) is 19.6. The molecule has 1 N–H and O–H groups in total. The van der Waals surface area contributed by atoms with Crippen LogP contribution < -0.4 is 10.2 Å². The zero-order valence-electron chi connectivity index (χ0n) is 11.1. The van der Waals surface area contributed by atoms with Crippen molar-refractivity contribution in [3.63, 3.8) is 0 Å². The Morgan fingerprint density at radius 1 is 1.53 bits per heavy atom. The zero-order valence-corrected chi connectivity index (χ0v) is 11.9. The predicted octanol–water partition coefficient (Wildman–Crippen LogP) is 3.05. The van der Waals surface area contributed by atoms with E-state index in [0.29, 0.717) is 6.04 Å². The molecular weight excluding hydrogens is 230 g/mol. The van der Waals surface area contributed by atoms with Crippen LogP contribution >= 0.6 is 11.3 Å². The third-order valence-corrected chi connectivity index (χ3v) is 5.07. The van der Waals surface area contributed by atoms with Crippen LogP contribution in [-0.4, -0.2) is 25.1 Å². The Balaban J connectivity index is 1.97. The van der Waals surface area contributed by atoms with Crippen molar-refractivity contribution in [3.8, 4) is 0 Å². The lowest BCUT2D eigenvalue weighted by molar-refractivity contribution is 0.395. The minimum Gasteiger partial charge on any atom is -0.348 e. The van der Waals surface area contributed by atoms with Gasteiger partial charge in [-0.3, -0.25) is 0 Å². The molecule has 1 aliphatic heterocycles. The second-order valence-corrected chi connectivity index (χ2v) is 5.93. The lowest BCUT2D eigenvalue weighted by Crippen LogP contribution is -2.33. The number of hydrogen-bond acceptors (Lipinski definition) is 4. The lowest BCUT2D eigenvalue weighted by Gasteiger charge is -2.31. The van der Waals surface area contributed by atoms with E-state index < -0.39 is 0 Å². The quantitative estimate of drug-likeness (QED) is 0.894. The van der Waals surface area contributed by atoms with Crippen LogP contribution in [0.5, 0.6) is 0 Å². The van der Waals surface area contributed by atoms with Gasteiger partial charge in [0.2, 0.25) is 0 Å². The monoisotopic (exact) mass is 253 g/mol. The molecule has 1 aromatic heterocycles. The van der Waals surface area contributed by atoms with Crippen LogP contribution in [0.1, 0.15) is 44.0 Å². The lowest BCUT2D eigenvalue weighted by atomic mass is 9.95. The van der Waals surface area contributed by atoms with E-state index in [2.05, 4.69) is 29.0 Å². The molecule has 2 rings (SSSR count). The van der Waals surface area contributed by atoms with Gasteiger partial charge < -0.3 is 10.2 Å². The van der Waals surface area contributed by atoms with Crippen LogP contribution in [0.2, 0.25) is 0 Å². The molecule has 0 aliphatic carbocycles. The Labute approximate surface area is 108 Å². The molecule has 0 bridgehead atoms. The fourth-order valence-electron chi connectivity index (χ4n) is 2.30. The minimum absolute atomic E-state index is 0.412. The topological polar surface area (TPSA) is 28.2 Å². The summed E-state index contributed by atoms with van der Waals surface area (Å²) in [5.41, 5.74) is 0. The fraction of sp³-hybridized carbons (Fsp3) is 0.769. The molecule has 4 heteroatoms. The van der Waals surface area contributed by atoms with Gasteiger partial charge in [-0.2, -0.15) is 0 Å². The molecule has 0 radical (unpaired) electrons. The SMILES string of the molecule is CCC1CCN(c2ncc(C(C)NC)s2)CC1. The molecule has 96 valence electrons. The summed E-state index contributed by atoms with van der Waals surface area (Å²) in [6.45, 7) is 6.84. The van der Waals surface area contributed by atoms with Gasteiger partial charge in [0, 0.05) is 30.2 Å². The molecule has 1 atom stereocenters. The number of nitrogens with one attached hydrogen (secondary N) is 1. The summed E-state index contributed by atoms with van der Waals surface area (Å²) in [6, 6.07) is 0.412. The molecule has 1 aliphatic rings. The highest BCUT2D eigenvalue weighted by Gasteiger charge is 2.20. The van der Waals surface area contributed by atoms with E-state index in [1.54, 1.807) is 0 Å². The van der Waals surface area contributed by atoms with Crippen LogP contribution in [0.15, 0.2) is 6.20 Å². The van der Waals surface area contributed by atoms with E-state index in [-0.39, 0.29) is 0 Å². The second kappa shape index (κ2) is 5.83. The van der Waals surface area contributed by atoms with Crippen LogP contribution in [0, 0.1) is 5.92 Å². The summed E-state index contributed by atoms with van der Waals surface area (Å²) in [7, 11) is 2.00. The third-order valence-electron chi connectivity index (χ3n) is 3.83. The first kappa shape index (κ1) is 12.8. The largest absolute Gasteiger partial charge is 0.348 e. The summed E-state index contributed by atoms with van der Waals surface area (Å²) in [4.78, 5) is 8.34. The number of piperidine rings is 1. The molecule has 1 aromatic rings. The predicted molar refractivity (Wildman–Crippen MR) is 74.8 cm³/mol. The van der Waals surface area contributed by atoms with E-state index in [9.17, 15) is 0 Å². The van der Waals surface area contributed by atoms with Gasteiger partial charge in [0.1, 0.15) is 0 Å². The number of aromatic nitrogens is 1. The molecule has 1 unspecified atom stereocenters. The molecule has 17 heavy (non-hydrogen) atoms. The standard InChI is InChI=1S/C13H23N3S/c1-4-11-5-7-16(8-6-11)13-15-9-12(17-13)10(2)14-3/h9-11,14H,4-8H2,1-3H3. The van der Waals surface area contributed by atoms with E-state index in [1.165, 1.54) is 42.4 Å². The van der Waals surface area contributed by atoms with Crippen molar-refractivity contribution in [3.05, 3.63) is 11.1 Å². The summed E-state index contributed by atoms with van der Waals surface area (Å²) < 4.78 is 0. The van der Waals surface area contributed by atoms with Crippen LogP contribution in [-0.2, 0) is 0 Å². The van der Waals surface area contributed by atoms with Gasteiger partial charge in [0.15, 0.2) is 5.13 Å².